The van der Waals surface area contributed by atoms with Crippen LogP contribution in [0.2, 0.25) is 0 Å². The average molecular weight is 335 g/mol. The van der Waals surface area contributed by atoms with Crippen LogP contribution in [-0.2, 0) is 12.0 Å². The molecule has 1 heterocycles. The minimum Gasteiger partial charge on any atom is -0.478 e. The molecular weight excluding hydrogens is 310 g/mol. The van der Waals surface area contributed by atoms with Gasteiger partial charge in [0.15, 0.2) is 0 Å². The zero-order valence-electron chi connectivity index (χ0n) is 15.6. The van der Waals surface area contributed by atoms with Crippen molar-refractivity contribution in [2.45, 2.75) is 46.6 Å². The third-order valence-electron chi connectivity index (χ3n) is 5.05. The van der Waals surface area contributed by atoms with Crippen LogP contribution in [0.1, 0.15) is 53.5 Å². The van der Waals surface area contributed by atoms with Gasteiger partial charge in [0.05, 0.1) is 5.56 Å². The molecule has 0 saturated carbocycles. The Morgan fingerprint density at radius 2 is 1.68 bits per heavy atom. The number of hydrogen-bond donors (Lipinski definition) is 1. The Hall–Kier alpha value is -2.55. The normalized spacial score (nSPS) is 11.9. The summed E-state index contributed by atoms with van der Waals surface area (Å²) >= 11 is 0. The summed E-state index contributed by atoms with van der Waals surface area (Å²) in [5.41, 5.74) is 6.46. The minimum atomic E-state index is -0.885. The molecule has 3 aromatic rings. The zero-order chi connectivity index (χ0) is 18.4. The monoisotopic (exact) mass is 335 g/mol. The first-order chi connectivity index (χ1) is 11.7. The Morgan fingerprint density at radius 1 is 1.04 bits per heavy atom. The highest BCUT2D eigenvalue weighted by Crippen LogP contribution is 2.28. The van der Waals surface area contributed by atoms with Gasteiger partial charge >= 0.3 is 5.97 Å². The van der Waals surface area contributed by atoms with E-state index in [0.717, 1.165) is 23.0 Å². The molecule has 0 bridgehead atoms. The number of carboxylic acid groups (broad SMARTS) is 1. The number of benzene rings is 2. The number of carbonyl (C=O) groups is 1. The summed E-state index contributed by atoms with van der Waals surface area (Å²) in [5, 5.41) is 10.2. The first-order valence-corrected chi connectivity index (χ1v) is 8.60. The fourth-order valence-corrected chi connectivity index (χ4v) is 3.28. The summed E-state index contributed by atoms with van der Waals surface area (Å²) in [4.78, 5) is 11.2. The number of fused-ring (bicyclic) bond motifs is 1. The van der Waals surface area contributed by atoms with E-state index < -0.39 is 5.97 Å². The van der Waals surface area contributed by atoms with E-state index in [2.05, 4.69) is 63.5 Å². The number of nitrogens with zero attached hydrogens (tertiary/aromatic N) is 1. The summed E-state index contributed by atoms with van der Waals surface area (Å²) in [5.74, 6) is -0.885. The molecule has 0 spiro atoms. The van der Waals surface area contributed by atoms with Crippen molar-refractivity contribution in [3.05, 3.63) is 70.4 Å². The van der Waals surface area contributed by atoms with E-state index in [0.29, 0.717) is 5.56 Å². The SMILES string of the molecule is Cc1c(C)n(Cc2ccc(C(C)(C)C)cc2)c2ccc(C(=O)O)cc12. The lowest BCUT2D eigenvalue weighted by Gasteiger charge is -2.19. The van der Waals surface area contributed by atoms with E-state index >= 15 is 0 Å². The van der Waals surface area contributed by atoms with Gasteiger partial charge in [-0.1, -0.05) is 45.0 Å². The third kappa shape index (κ3) is 3.19. The maximum Gasteiger partial charge on any atom is 0.335 e. The lowest BCUT2D eigenvalue weighted by molar-refractivity contribution is 0.0697. The maximum atomic E-state index is 11.2. The van der Waals surface area contributed by atoms with Crippen molar-refractivity contribution in [3.63, 3.8) is 0 Å². The van der Waals surface area contributed by atoms with Gasteiger partial charge in [0.2, 0.25) is 0 Å². The van der Waals surface area contributed by atoms with Gasteiger partial charge in [0, 0.05) is 23.1 Å². The van der Waals surface area contributed by atoms with E-state index in [9.17, 15) is 9.90 Å². The number of carboxylic acids is 1. The topological polar surface area (TPSA) is 42.2 Å². The Kier molecular flexibility index (Phi) is 4.19. The molecule has 25 heavy (non-hydrogen) atoms. The van der Waals surface area contributed by atoms with Gasteiger partial charge in [0.25, 0.3) is 0 Å². The molecule has 0 aliphatic carbocycles. The van der Waals surface area contributed by atoms with Gasteiger partial charge in [-0.15, -0.1) is 0 Å². The summed E-state index contributed by atoms with van der Waals surface area (Å²) in [6.45, 7) is 11.6. The second kappa shape index (κ2) is 6.07. The lowest BCUT2D eigenvalue weighted by Crippen LogP contribution is -2.11. The maximum absolute atomic E-state index is 11.2. The highest BCUT2D eigenvalue weighted by atomic mass is 16.4. The number of aromatic carboxylic acids is 1. The van der Waals surface area contributed by atoms with Crippen molar-refractivity contribution >= 4 is 16.9 Å². The summed E-state index contributed by atoms with van der Waals surface area (Å²) < 4.78 is 2.27. The molecule has 0 unspecified atom stereocenters. The minimum absolute atomic E-state index is 0.151. The summed E-state index contributed by atoms with van der Waals surface area (Å²) in [6, 6.07) is 14.2. The molecule has 0 atom stereocenters. The molecule has 130 valence electrons. The first-order valence-electron chi connectivity index (χ1n) is 8.60. The molecule has 0 fully saturated rings. The van der Waals surface area contributed by atoms with Crippen molar-refractivity contribution in [1.29, 1.82) is 0 Å². The van der Waals surface area contributed by atoms with Crippen LogP contribution in [-0.4, -0.2) is 15.6 Å². The number of hydrogen-bond acceptors (Lipinski definition) is 1. The fraction of sp³-hybridized carbons (Fsp3) is 0.318. The number of aromatic nitrogens is 1. The van der Waals surface area contributed by atoms with Crippen molar-refractivity contribution < 1.29 is 9.90 Å². The van der Waals surface area contributed by atoms with Gasteiger partial charge in [0.1, 0.15) is 0 Å². The predicted molar refractivity (Wildman–Crippen MR) is 103 cm³/mol. The van der Waals surface area contributed by atoms with Crippen molar-refractivity contribution in [1.82, 2.24) is 4.57 Å². The quantitative estimate of drug-likeness (QED) is 0.705. The second-order valence-electron chi connectivity index (χ2n) is 7.78. The van der Waals surface area contributed by atoms with Crippen LogP contribution in [0.25, 0.3) is 10.9 Å². The number of rotatable bonds is 3. The highest BCUT2D eigenvalue weighted by Gasteiger charge is 2.15. The molecule has 1 aromatic heterocycles. The van der Waals surface area contributed by atoms with Gasteiger partial charge in [-0.05, 0) is 54.2 Å². The molecular formula is C22H25NO2. The zero-order valence-corrected chi connectivity index (χ0v) is 15.6. The summed E-state index contributed by atoms with van der Waals surface area (Å²) in [6.07, 6.45) is 0. The molecule has 0 aliphatic heterocycles. The van der Waals surface area contributed by atoms with E-state index in [1.54, 1.807) is 12.1 Å². The Bertz CT molecular complexity index is 941. The van der Waals surface area contributed by atoms with Gasteiger partial charge in [-0.25, -0.2) is 4.79 Å². The van der Waals surface area contributed by atoms with Crippen LogP contribution >= 0.6 is 0 Å². The second-order valence-corrected chi connectivity index (χ2v) is 7.78. The Labute approximate surface area is 148 Å². The van der Waals surface area contributed by atoms with Crippen molar-refractivity contribution in [3.8, 4) is 0 Å². The molecule has 0 aliphatic rings. The molecule has 2 aromatic carbocycles. The van der Waals surface area contributed by atoms with Crippen LogP contribution in [0.3, 0.4) is 0 Å². The van der Waals surface area contributed by atoms with Crippen LogP contribution in [0.5, 0.6) is 0 Å². The average Bonchev–Trinajstić information content (AvgIpc) is 2.79. The summed E-state index contributed by atoms with van der Waals surface area (Å²) in [7, 11) is 0. The predicted octanol–water partition coefficient (Wildman–Crippen LogP) is 5.30. The Morgan fingerprint density at radius 3 is 2.24 bits per heavy atom. The molecule has 3 rings (SSSR count). The molecule has 1 N–H and O–H groups in total. The van der Waals surface area contributed by atoms with E-state index in [1.807, 2.05) is 6.07 Å². The van der Waals surface area contributed by atoms with Crippen LogP contribution in [0.4, 0.5) is 0 Å². The fourth-order valence-electron chi connectivity index (χ4n) is 3.28. The highest BCUT2D eigenvalue weighted by molar-refractivity contribution is 5.95. The van der Waals surface area contributed by atoms with Crippen LogP contribution in [0.15, 0.2) is 42.5 Å². The van der Waals surface area contributed by atoms with Crippen LogP contribution < -0.4 is 0 Å². The largest absolute Gasteiger partial charge is 0.478 e. The Balaban J connectivity index is 2.01. The van der Waals surface area contributed by atoms with E-state index in [1.165, 1.54) is 16.8 Å². The van der Waals surface area contributed by atoms with Gasteiger partial charge in [-0.2, -0.15) is 0 Å². The van der Waals surface area contributed by atoms with Gasteiger partial charge in [-0.3, -0.25) is 0 Å². The van der Waals surface area contributed by atoms with Gasteiger partial charge < -0.3 is 9.67 Å². The van der Waals surface area contributed by atoms with E-state index in [4.69, 9.17) is 0 Å². The molecule has 0 radical (unpaired) electrons. The lowest BCUT2D eigenvalue weighted by atomic mass is 9.87. The van der Waals surface area contributed by atoms with E-state index in [-0.39, 0.29) is 5.41 Å². The molecule has 0 amide bonds. The molecule has 0 saturated heterocycles. The smallest absolute Gasteiger partial charge is 0.335 e. The van der Waals surface area contributed by atoms with Crippen LogP contribution in [0, 0.1) is 13.8 Å². The molecule has 3 heteroatoms. The van der Waals surface area contributed by atoms with Crippen molar-refractivity contribution in [2.75, 3.05) is 0 Å². The first kappa shape index (κ1) is 17.3. The molecule has 3 nitrogen and oxygen atoms in total. The number of aryl methyl sites for hydroxylation is 1. The third-order valence-corrected chi connectivity index (χ3v) is 5.05. The standard InChI is InChI=1S/C22H25NO2/c1-14-15(2)23(20-11-8-17(21(24)25)12-19(14)20)13-16-6-9-18(10-7-16)22(3,4)5/h6-12H,13H2,1-5H3,(H,24,25). The van der Waals surface area contributed by atoms with Crippen molar-refractivity contribution in [2.24, 2.45) is 0 Å².